The Morgan fingerprint density at radius 1 is 1.10 bits per heavy atom. The Kier molecular flexibility index (Phi) is 7.36. The van der Waals surface area contributed by atoms with Gasteiger partial charge in [0.25, 0.3) is 10.0 Å². The Balaban J connectivity index is 1.69. The molecule has 3 aromatic carbocycles. The number of benzene rings is 3. The van der Waals surface area contributed by atoms with Gasteiger partial charge in [-0.3, -0.25) is 4.72 Å². The zero-order valence-electron chi connectivity index (χ0n) is 15.8. The number of halogens is 2. The molecular formula is C21H19ClFN3O2S2. The van der Waals surface area contributed by atoms with E-state index in [1.807, 2.05) is 36.4 Å². The van der Waals surface area contributed by atoms with Gasteiger partial charge in [-0.2, -0.15) is 5.10 Å². The molecule has 3 N–H and O–H groups in total. The summed E-state index contributed by atoms with van der Waals surface area (Å²) in [6.07, 6.45) is 2.38. The van der Waals surface area contributed by atoms with Crippen LogP contribution in [0, 0.1) is 5.82 Å². The van der Waals surface area contributed by atoms with E-state index in [1.165, 1.54) is 11.8 Å². The first-order valence-electron chi connectivity index (χ1n) is 8.91. The molecule has 0 aliphatic carbocycles. The predicted molar refractivity (Wildman–Crippen MR) is 121 cm³/mol. The van der Waals surface area contributed by atoms with Gasteiger partial charge in [-0.25, -0.2) is 12.8 Å². The summed E-state index contributed by atoms with van der Waals surface area (Å²) < 4.78 is 41.2. The minimum Gasteiger partial charge on any atom is -0.323 e. The first kappa shape index (κ1) is 22.1. The Hall–Kier alpha value is -2.55. The smallest absolute Gasteiger partial charge is 0.263 e. The van der Waals surface area contributed by atoms with Crippen LogP contribution in [-0.2, 0) is 16.4 Å². The molecule has 0 radical (unpaired) electrons. The van der Waals surface area contributed by atoms with E-state index < -0.39 is 15.8 Å². The largest absolute Gasteiger partial charge is 0.323 e. The standard InChI is InChI=1S/C21H19ClFN3O2S2/c22-18-13-17(23)9-10-21(18)30(27,28)26-19-3-1-2-4-20(19)29-12-11-15-5-7-16(8-6-15)14-25-24/h1-10,13-14,26H,11-12,24H2/b25-14-. The van der Waals surface area contributed by atoms with Crippen molar-refractivity contribution in [2.45, 2.75) is 16.2 Å². The fraction of sp³-hybridized carbons (Fsp3) is 0.0952. The summed E-state index contributed by atoms with van der Waals surface area (Å²) in [5.41, 5.74) is 2.51. The van der Waals surface area contributed by atoms with Crippen LogP contribution in [0.5, 0.6) is 0 Å². The zero-order chi connectivity index (χ0) is 21.6. The lowest BCUT2D eigenvalue weighted by molar-refractivity contribution is 0.599. The molecule has 0 saturated carbocycles. The number of hydrogen-bond donors (Lipinski definition) is 2. The van der Waals surface area contributed by atoms with Gasteiger partial charge < -0.3 is 5.84 Å². The third kappa shape index (κ3) is 5.75. The molecule has 0 amide bonds. The lowest BCUT2D eigenvalue weighted by Crippen LogP contribution is -2.14. The Bertz CT molecular complexity index is 1150. The lowest BCUT2D eigenvalue weighted by Gasteiger charge is -2.13. The molecule has 0 heterocycles. The monoisotopic (exact) mass is 463 g/mol. The molecule has 0 saturated heterocycles. The average molecular weight is 464 g/mol. The van der Waals surface area contributed by atoms with Crippen LogP contribution >= 0.6 is 23.4 Å². The number of hydrazone groups is 1. The van der Waals surface area contributed by atoms with Gasteiger partial charge in [-0.05, 0) is 47.9 Å². The van der Waals surface area contributed by atoms with Crippen molar-refractivity contribution in [2.24, 2.45) is 10.9 Å². The van der Waals surface area contributed by atoms with Crippen LogP contribution in [0.2, 0.25) is 5.02 Å². The molecule has 156 valence electrons. The molecule has 0 aliphatic heterocycles. The highest BCUT2D eigenvalue weighted by atomic mass is 35.5. The van der Waals surface area contributed by atoms with Crippen molar-refractivity contribution < 1.29 is 12.8 Å². The van der Waals surface area contributed by atoms with E-state index in [0.717, 1.165) is 46.4 Å². The number of aryl methyl sites for hydroxylation is 1. The van der Waals surface area contributed by atoms with Gasteiger partial charge in [0.15, 0.2) is 0 Å². The molecule has 0 aromatic heterocycles. The molecule has 0 fully saturated rings. The number of hydrogen-bond acceptors (Lipinski definition) is 5. The summed E-state index contributed by atoms with van der Waals surface area (Å²) >= 11 is 7.46. The third-order valence-corrected chi connectivity index (χ3v) is 7.09. The first-order chi connectivity index (χ1) is 14.4. The Morgan fingerprint density at radius 3 is 2.53 bits per heavy atom. The van der Waals surface area contributed by atoms with E-state index in [2.05, 4.69) is 9.82 Å². The summed E-state index contributed by atoms with van der Waals surface area (Å²) in [5, 5.41) is 3.33. The number of anilines is 1. The van der Waals surface area contributed by atoms with Crippen molar-refractivity contribution in [1.82, 2.24) is 0 Å². The second-order valence-electron chi connectivity index (χ2n) is 6.29. The SMILES string of the molecule is N/N=C\c1ccc(CCSc2ccccc2NS(=O)(=O)c2ccc(F)cc2Cl)cc1. The van der Waals surface area contributed by atoms with Crippen molar-refractivity contribution in [3.63, 3.8) is 0 Å². The van der Waals surface area contributed by atoms with Gasteiger partial charge in [0, 0.05) is 10.6 Å². The summed E-state index contributed by atoms with van der Waals surface area (Å²) in [7, 11) is -3.96. The molecule has 3 rings (SSSR count). The van der Waals surface area contributed by atoms with Crippen LogP contribution in [-0.4, -0.2) is 20.4 Å². The topological polar surface area (TPSA) is 84.5 Å². The number of nitrogens with zero attached hydrogens (tertiary/aromatic N) is 1. The van der Waals surface area contributed by atoms with Crippen molar-refractivity contribution >= 4 is 45.3 Å². The highest BCUT2D eigenvalue weighted by Crippen LogP contribution is 2.31. The van der Waals surface area contributed by atoms with E-state index in [0.29, 0.717) is 5.69 Å². The molecule has 30 heavy (non-hydrogen) atoms. The lowest BCUT2D eigenvalue weighted by atomic mass is 10.1. The van der Waals surface area contributed by atoms with Gasteiger partial charge in [0.2, 0.25) is 0 Å². The Morgan fingerprint density at radius 2 is 1.83 bits per heavy atom. The molecule has 3 aromatic rings. The van der Waals surface area contributed by atoms with Gasteiger partial charge >= 0.3 is 0 Å². The zero-order valence-corrected chi connectivity index (χ0v) is 18.1. The maximum Gasteiger partial charge on any atom is 0.263 e. The normalized spacial score (nSPS) is 11.7. The van der Waals surface area contributed by atoms with E-state index >= 15 is 0 Å². The number of para-hydroxylation sites is 1. The summed E-state index contributed by atoms with van der Waals surface area (Å²) in [6.45, 7) is 0. The molecule has 0 spiro atoms. The minimum atomic E-state index is -3.96. The first-order valence-corrected chi connectivity index (χ1v) is 11.8. The summed E-state index contributed by atoms with van der Waals surface area (Å²) in [6, 6.07) is 18.2. The number of nitrogens with one attached hydrogen (secondary N) is 1. The van der Waals surface area contributed by atoms with E-state index in [-0.39, 0.29) is 9.92 Å². The number of sulfonamides is 1. The molecule has 9 heteroatoms. The quantitative estimate of drug-likeness (QED) is 0.215. The van der Waals surface area contributed by atoms with Crippen LogP contribution in [0.25, 0.3) is 0 Å². The molecular weight excluding hydrogens is 445 g/mol. The fourth-order valence-electron chi connectivity index (χ4n) is 2.70. The maximum absolute atomic E-state index is 13.3. The van der Waals surface area contributed by atoms with Crippen molar-refractivity contribution in [1.29, 1.82) is 0 Å². The summed E-state index contributed by atoms with van der Waals surface area (Å²) in [4.78, 5) is 0.609. The van der Waals surface area contributed by atoms with Gasteiger partial charge in [0.1, 0.15) is 10.7 Å². The van der Waals surface area contributed by atoms with Crippen molar-refractivity contribution in [2.75, 3.05) is 10.5 Å². The highest BCUT2D eigenvalue weighted by molar-refractivity contribution is 7.99. The molecule has 0 bridgehead atoms. The minimum absolute atomic E-state index is 0.171. The molecule has 0 aliphatic rings. The van der Waals surface area contributed by atoms with Gasteiger partial charge in [0.05, 0.1) is 16.9 Å². The molecule has 0 atom stereocenters. The van der Waals surface area contributed by atoms with Crippen molar-refractivity contribution in [3.8, 4) is 0 Å². The van der Waals surface area contributed by atoms with Crippen LogP contribution in [0.15, 0.2) is 81.6 Å². The van der Waals surface area contributed by atoms with E-state index in [1.54, 1.807) is 18.3 Å². The number of rotatable bonds is 8. The number of thioether (sulfide) groups is 1. The third-order valence-electron chi connectivity index (χ3n) is 4.17. The fourth-order valence-corrected chi connectivity index (χ4v) is 5.39. The van der Waals surface area contributed by atoms with Crippen LogP contribution in [0.4, 0.5) is 10.1 Å². The summed E-state index contributed by atoms with van der Waals surface area (Å²) in [5.74, 6) is 5.30. The van der Waals surface area contributed by atoms with Crippen molar-refractivity contribution in [3.05, 3.63) is 88.7 Å². The maximum atomic E-state index is 13.3. The van der Waals surface area contributed by atoms with Crippen LogP contribution in [0.3, 0.4) is 0 Å². The van der Waals surface area contributed by atoms with Gasteiger partial charge in [-0.1, -0.05) is 48.0 Å². The average Bonchev–Trinajstić information content (AvgIpc) is 2.70. The second kappa shape index (κ2) is 9.97. The predicted octanol–water partition coefficient (Wildman–Crippen LogP) is 4.91. The van der Waals surface area contributed by atoms with E-state index in [9.17, 15) is 12.8 Å². The highest BCUT2D eigenvalue weighted by Gasteiger charge is 2.20. The van der Waals surface area contributed by atoms with Crippen LogP contribution < -0.4 is 10.6 Å². The van der Waals surface area contributed by atoms with Gasteiger partial charge in [-0.15, -0.1) is 11.8 Å². The van der Waals surface area contributed by atoms with Crippen LogP contribution in [0.1, 0.15) is 11.1 Å². The molecule has 0 unspecified atom stereocenters. The Labute approximate surface area is 184 Å². The van der Waals surface area contributed by atoms with E-state index in [4.69, 9.17) is 17.4 Å². The number of nitrogens with two attached hydrogens (primary N) is 1. The molecule has 5 nitrogen and oxygen atoms in total. The second-order valence-corrected chi connectivity index (χ2v) is 9.49.